The first-order valence-corrected chi connectivity index (χ1v) is 22.4. The summed E-state index contributed by atoms with van der Waals surface area (Å²) < 4.78 is 5.33. The van der Waals surface area contributed by atoms with Crippen molar-refractivity contribution in [3.8, 4) is 0 Å². The molecule has 0 aliphatic heterocycles. The van der Waals surface area contributed by atoms with Gasteiger partial charge >= 0.3 is 6.09 Å². The molecule has 1 rings (SSSR count). The van der Waals surface area contributed by atoms with Crippen molar-refractivity contribution in [2.75, 3.05) is 19.6 Å². The molecular formula is C46H84N2O3. The van der Waals surface area contributed by atoms with Gasteiger partial charge in [-0.1, -0.05) is 237 Å². The molecule has 0 saturated heterocycles. The van der Waals surface area contributed by atoms with Gasteiger partial charge in [-0.2, -0.15) is 0 Å². The van der Waals surface area contributed by atoms with Crippen molar-refractivity contribution in [3.05, 3.63) is 35.9 Å². The second-order valence-corrected chi connectivity index (χ2v) is 15.4. The fraction of sp³-hybridized carbons (Fsp3) is 0.826. The monoisotopic (exact) mass is 713 g/mol. The standard InChI is InChI=1S/C46H84N2O3/c1-3-5-7-9-11-13-15-17-19-21-23-25-27-29-31-36-40-48(45(49)42-47-46(50)51-43-44-38-34-33-35-39-44)41-37-32-30-28-26-24-22-20-18-16-14-12-10-8-6-4-2/h33-35,38-39H,3-32,36-37,40-43H2,1-2H3,(H,47,50). The van der Waals surface area contributed by atoms with Crippen molar-refractivity contribution in [2.24, 2.45) is 0 Å². The zero-order chi connectivity index (χ0) is 36.7. The Hall–Kier alpha value is -2.04. The quantitative estimate of drug-likeness (QED) is 0.0694. The molecule has 0 atom stereocenters. The van der Waals surface area contributed by atoms with E-state index in [1.54, 1.807) is 0 Å². The van der Waals surface area contributed by atoms with E-state index in [4.69, 9.17) is 4.74 Å². The van der Waals surface area contributed by atoms with Crippen LogP contribution in [-0.4, -0.2) is 36.5 Å². The lowest BCUT2D eigenvalue weighted by Crippen LogP contribution is -2.41. The fourth-order valence-electron chi connectivity index (χ4n) is 7.10. The number of unbranched alkanes of at least 4 members (excludes halogenated alkanes) is 30. The van der Waals surface area contributed by atoms with Crippen LogP contribution in [0, 0.1) is 0 Å². The molecular weight excluding hydrogens is 629 g/mol. The Morgan fingerprint density at radius 3 is 1.12 bits per heavy atom. The number of nitrogens with zero attached hydrogens (tertiary/aromatic N) is 1. The number of benzene rings is 1. The van der Waals surface area contributed by atoms with Gasteiger partial charge in [0.2, 0.25) is 5.91 Å². The van der Waals surface area contributed by atoms with Crippen LogP contribution in [0.4, 0.5) is 4.79 Å². The molecule has 0 heterocycles. The normalized spacial score (nSPS) is 11.2. The average molecular weight is 713 g/mol. The summed E-state index contributed by atoms with van der Waals surface area (Å²) in [5.74, 6) is 0.00794. The number of alkyl carbamates (subject to hydrolysis) is 1. The highest BCUT2D eigenvalue weighted by molar-refractivity contribution is 5.82. The second kappa shape index (κ2) is 37.7. The van der Waals surface area contributed by atoms with E-state index < -0.39 is 6.09 Å². The molecule has 0 aliphatic rings. The molecule has 0 fully saturated rings. The summed E-state index contributed by atoms with van der Waals surface area (Å²) >= 11 is 0. The van der Waals surface area contributed by atoms with Crippen LogP contribution in [0.3, 0.4) is 0 Å². The molecule has 296 valence electrons. The van der Waals surface area contributed by atoms with Gasteiger partial charge in [-0.15, -0.1) is 0 Å². The van der Waals surface area contributed by atoms with E-state index in [1.807, 2.05) is 35.2 Å². The predicted octanol–water partition coefficient (Wildman–Crippen LogP) is 14.3. The molecule has 1 aromatic rings. The predicted molar refractivity (Wildman–Crippen MR) is 220 cm³/mol. The van der Waals surface area contributed by atoms with E-state index in [1.165, 1.54) is 193 Å². The molecule has 1 N–H and O–H groups in total. The minimum atomic E-state index is -0.531. The first kappa shape index (κ1) is 47.0. The molecule has 0 spiro atoms. The van der Waals surface area contributed by atoms with Gasteiger partial charge < -0.3 is 15.0 Å². The lowest BCUT2D eigenvalue weighted by Gasteiger charge is -2.23. The molecule has 0 aromatic heterocycles. The molecule has 0 unspecified atom stereocenters. The van der Waals surface area contributed by atoms with Crippen molar-refractivity contribution >= 4 is 12.0 Å². The highest BCUT2D eigenvalue weighted by atomic mass is 16.5. The summed E-state index contributed by atoms with van der Waals surface area (Å²) in [5, 5.41) is 2.69. The van der Waals surface area contributed by atoms with Gasteiger partial charge in [0.25, 0.3) is 0 Å². The van der Waals surface area contributed by atoms with E-state index in [0.717, 1.165) is 31.5 Å². The third-order valence-corrected chi connectivity index (χ3v) is 10.5. The minimum Gasteiger partial charge on any atom is -0.445 e. The molecule has 2 amide bonds. The Morgan fingerprint density at radius 2 is 0.784 bits per heavy atom. The maximum atomic E-state index is 13.2. The van der Waals surface area contributed by atoms with Crippen LogP contribution in [0.5, 0.6) is 0 Å². The molecule has 51 heavy (non-hydrogen) atoms. The zero-order valence-corrected chi connectivity index (χ0v) is 34.0. The number of rotatable bonds is 38. The smallest absolute Gasteiger partial charge is 0.407 e. The average Bonchev–Trinajstić information content (AvgIpc) is 3.15. The Morgan fingerprint density at radius 1 is 0.471 bits per heavy atom. The lowest BCUT2D eigenvalue weighted by molar-refractivity contribution is -0.130. The lowest BCUT2D eigenvalue weighted by atomic mass is 10.0. The highest BCUT2D eigenvalue weighted by Gasteiger charge is 2.15. The van der Waals surface area contributed by atoms with Crippen LogP contribution in [0.15, 0.2) is 30.3 Å². The second-order valence-electron chi connectivity index (χ2n) is 15.4. The van der Waals surface area contributed by atoms with E-state index in [9.17, 15) is 9.59 Å². The Balaban J connectivity index is 2.18. The zero-order valence-electron chi connectivity index (χ0n) is 34.0. The third kappa shape index (κ3) is 32.4. The van der Waals surface area contributed by atoms with Gasteiger partial charge in [0, 0.05) is 13.1 Å². The topological polar surface area (TPSA) is 58.6 Å². The maximum absolute atomic E-state index is 13.2. The molecule has 5 nitrogen and oxygen atoms in total. The van der Waals surface area contributed by atoms with Crippen LogP contribution in [0.1, 0.15) is 225 Å². The third-order valence-electron chi connectivity index (χ3n) is 10.5. The van der Waals surface area contributed by atoms with Crippen LogP contribution in [-0.2, 0) is 16.1 Å². The van der Waals surface area contributed by atoms with Gasteiger partial charge in [0.05, 0.1) is 0 Å². The van der Waals surface area contributed by atoms with E-state index in [-0.39, 0.29) is 19.1 Å². The van der Waals surface area contributed by atoms with Gasteiger partial charge in [0.1, 0.15) is 13.2 Å². The molecule has 5 heteroatoms. The Labute approximate surface area is 317 Å². The number of nitrogens with one attached hydrogen (secondary N) is 1. The number of hydrogen-bond acceptors (Lipinski definition) is 3. The Kier molecular flexibility index (Phi) is 34.7. The fourth-order valence-corrected chi connectivity index (χ4v) is 7.10. The number of ether oxygens (including phenoxy) is 1. The summed E-state index contributed by atoms with van der Waals surface area (Å²) in [6.07, 6.45) is 42.6. The number of carbonyl (C=O) groups excluding carboxylic acids is 2. The van der Waals surface area contributed by atoms with Gasteiger partial charge in [0.15, 0.2) is 0 Å². The molecule has 0 radical (unpaired) electrons. The Bertz CT molecular complexity index is 841. The van der Waals surface area contributed by atoms with E-state index in [0.29, 0.717) is 0 Å². The van der Waals surface area contributed by atoms with Crippen molar-refractivity contribution < 1.29 is 14.3 Å². The largest absolute Gasteiger partial charge is 0.445 e. The molecule has 1 aromatic carbocycles. The maximum Gasteiger partial charge on any atom is 0.407 e. The summed E-state index contributed by atoms with van der Waals surface area (Å²) in [7, 11) is 0. The molecule has 0 bridgehead atoms. The van der Waals surface area contributed by atoms with Crippen molar-refractivity contribution in [1.82, 2.24) is 10.2 Å². The molecule has 0 aliphatic carbocycles. The molecule has 0 saturated carbocycles. The van der Waals surface area contributed by atoms with Gasteiger partial charge in [-0.05, 0) is 18.4 Å². The number of amides is 2. The van der Waals surface area contributed by atoms with Crippen LogP contribution >= 0.6 is 0 Å². The number of carbonyl (C=O) groups is 2. The highest BCUT2D eigenvalue weighted by Crippen LogP contribution is 2.16. The first-order chi connectivity index (χ1) is 25.2. The SMILES string of the molecule is CCCCCCCCCCCCCCCCCCN(CCCCCCCCCCCCCCCCCC)C(=O)CNC(=O)OCc1ccccc1. The van der Waals surface area contributed by atoms with Gasteiger partial charge in [-0.25, -0.2) is 4.79 Å². The number of hydrogen-bond donors (Lipinski definition) is 1. The summed E-state index contributed by atoms with van der Waals surface area (Å²) in [6.45, 7) is 6.37. The minimum absolute atomic E-state index is 0.00529. The van der Waals surface area contributed by atoms with E-state index >= 15 is 0 Å². The van der Waals surface area contributed by atoms with Crippen molar-refractivity contribution in [3.63, 3.8) is 0 Å². The summed E-state index contributed by atoms with van der Waals surface area (Å²) in [6, 6.07) is 9.65. The van der Waals surface area contributed by atoms with Crippen LogP contribution < -0.4 is 5.32 Å². The van der Waals surface area contributed by atoms with Gasteiger partial charge in [-0.3, -0.25) is 4.79 Å². The summed E-state index contributed by atoms with van der Waals surface area (Å²) in [5.41, 5.74) is 0.938. The van der Waals surface area contributed by atoms with Crippen molar-refractivity contribution in [1.29, 1.82) is 0 Å². The van der Waals surface area contributed by atoms with Crippen LogP contribution in [0.25, 0.3) is 0 Å². The van der Waals surface area contributed by atoms with E-state index in [2.05, 4.69) is 19.2 Å². The first-order valence-electron chi connectivity index (χ1n) is 22.4. The summed E-state index contributed by atoms with van der Waals surface area (Å²) in [4.78, 5) is 27.4. The van der Waals surface area contributed by atoms with Crippen LogP contribution in [0.2, 0.25) is 0 Å². The van der Waals surface area contributed by atoms with Crippen molar-refractivity contribution in [2.45, 2.75) is 226 Å².